The van der Waals surface area contributed by atoms with Crippen molar-refractivity contribution in [2.75, 3.05) is 13.1 Å². The Morgan fingerprint density at radius 2 is 2.33 bits per heavy atom. The van der Waals surface area contributed by atoms with Gasteiger partial charge in [0.25, 0.3) is 5.56 Å². The molecule has 0 radical (unpaired) electrons. The summed E-state index contributed by atoms with van der Waals surface area (Å²) in [6, 6.07) is 0. The van der Waals surface area contributed by atoms with Crippen LogP contribution in [0.5, 0.6) is 0 Å². The number of halogens is 1. The zero-order valence-corrected chi connectivity index (χ0v) is 11.2. The maximum Gasteiger partial charge on any atom is 0.266 e. The minimum atomic E-state index is 0.0691. The van der Waals surface area contributed by atoms with E-state index in [1.807, 2.05) is 29.5 Å². The van der Waals surface area contributed by atoms with Gasteiger partial charge in [0.1, 0.15) is 5.82 Å². The second kappa shape index (κ2) is 6.22. The molecule has 1 aromatic heterocycles. The number of rotatable bonds is 5. The summed E-state index contributed by atoms with van der Waals surface area (Å²) in [7, 11) is 0. The van der Waals surface area contributed by atoms with Gasteiger partial charge in [-0.25, -0.2) is 4.98 Å². The molecule has 5 heteroatoms. The van der Waals surface area contributed by atoms with Crippen molar-refractivity contribution in [1.82, 2.24) is 14.9 Å². The van der Waals surface area contributed by atoms with Gasteiger partial charge in [-0.1, -0.05) is 6.92 Å². The smallest absolute Gasteiger partial charge is 0.266 e. The SMILES string of the molecule is CCNCCCn1c(C)ncc(I)c1=O. The van der Waals surface area contributed by atoms with E-state index in [4.69, 9.17) is 0 Å². The van der Waals surface area contributed by atoms with Crippen molar-refractivity contribution in [3.63, 3.8) is 0 Å². The molecule has 0 aliphatic heterocycles. The molecule has 0 saturated carbocycles. The lowest BCUT2D eigenvalue weighted by Gasteiger charge is -2.09. The van der Waals surface area contributed by atoms with Gasteiger partial charge in [0, 0.05) is 12.7 Å². The maximum atomic E-state index is 11.7. The van der Waals surface area contributed by atoms with Gasteiger partial charge in [-0.15, -0.1) is 0 Å². The lowest BCUT2D eigenvalue weighted by molar-refractivity contribution is 0.559. The molecule has 15 heavy (non-hydrogen) atoms. The summed E-state index contributed by atoms with van der Waals surface area (Å²) in [6.45, 7) is 6.59. The van der Waals surface area contributed by atoms with Crippen LogP contribution in [-0.2, 0) is 6.54 Å². The molecule has 0 aromatic carbocycles. The Bertz CT molecular complexity index is 375. The molecule has 4 nitrogen and oxygen atoms in total. The molecule has 0 aliphatic carbocycles. The van der Waals surface area contributed by atoms with Crippen molar-refractivity contribution in [2.45, 2.75) is 26.8 Å². The average Bonchev–Trinajstić information content (AvgIpc) is 2.23. The fraction of sp³-hybridized carbons (Fsp3) is 0.600. The van der Waals surface area contributed by atoms with Gasteiger partial charge in [0.15, 0.2) is 0 Å². The standard InChI is InChI=1S/C10H16IN3O/c1-3-12-5-4-6-14-8(2)13-7-9(11)10(14)15/h7,12H,3-6H2,1-2H3. The molecule has 0 fully saturated rings. The zero-order valence-electron chi connectivity index (χ0n) is 9.09. The third kappa shape index (κ3) is 3.57. The molecule has 0 spiro atoms. The van der Waals surface area contributed by atoms with Crippen molar-refractivity contribution in [3.05, 3.63) is 25.9 Å². The first-order valence-corrected chi connectivity index (χ1v) is 6.17. The van der Waals surface area contributed by atoms with Crippen molar-refractivity contribution < 1.29 is 0 Å². The van der Waals surface area contributed by atoms with Crippen LogP contribution in [0.1, 0.15) is 19.2 Å². The van der Waals surface area contributed by atoms with Crippen molar-refractivity contribution in [3.8, 4) is 0 Å². The number of hydrogen-bond donors (Lipinski definition) is 1. The Labute approximate surface area is 103 Å². The Morgan fingerprint density at radius 1 is 1.60 bits per heavy atom. The van der Waals surface area contributed by atoms with Crippen molar-refractivity contribution in [2.24, 2.45) is 0 Å². The number of nitrogens with one attached hydrogen (secondary N) is 1. The Kier molecular flexibility index (Phi) is 5.24. The van der Waals surface area contributed by atoms with E-state index in [9.17, 15) is 4.79 Å². The van der Waals surface area contributed by atoms with E-state index in [1.165, 1.54) is 0 Å². The molecule has 0 unspecified atom stereocenters. The zero-order chi connectivity index (χ0) is 11.3. The van der Waals surface area contributed by atoms with Gasteiger partial charge in [0.05, 0.1) is 3.57 Å². The minimum Gasteiger partial charge on any atom is -0.317 e. The van der Waals surface area contributed by atoms with Crippen LogP contribution in [0.3, 0.4) is 0 Å². The van der Waals surface area contributed by atoms with Crippen molar-refractivity contribution in [1.29, 1.82) is 0 Å². The van der Waals surface area contributed by atoms with E-state index in [0.717, 1.165) is 31.9 Å². The first-order valence-electron chi connectivity index (χ1n) is 5.09. The van der Waals surface area contributed by atoms with Crippen molar-refractivity contribution >= 4 is 22.6 Å². The monoisotopic (exact) mass is 321 g/mol. The van der Waals surface area contributed by atoms with Gasteiger partial charge in [-0.2, -0.15) is 0 Å². The van der Waals surface area contributed by atoms with E-state index in [2.05, 4.69) is 17.2 Å². The molecule has 0 saturated heterocycles. The molecule has 1 aromatic rings. The summed E-state index contributed by atoms with van der Waals surface area (Å²) >= 11 is 2.02. The van der Waals surface area contributed by atoms with Crippen LogP contribution in [0.25, 0.3) is 0 Å². The fourth-order valence-electron chi connectivity index (χ4n) is 1.35. The van der Waals surface area contributed by atoms with Crippen LogP contribution < -0.4 is 10.9 Å². The normalized spacial score (nSPS) is 10.6. The summed E-state index contributed by atoms with van der Waals surface area (Å²) in [4.78, 5) is 15.9. The largest absolute Gasteiger partial charge is 0.317 e. The number of aromatic nitrogens is 2. The van der Waals surface area contributed by atoms with Crippen LogP contribution in [0.4, 0.5) is 0 Å². The number of aryl methyl sites for hydroxylation is 1. The Morgan fingerprint density at radius 3 is 3.00 bits per heavy atom. The average molecular weight is 321 g/mol. The number of nitrogens with zero attached hydrogens (tertiary/aromatic N) is 2. The number of hydrogen-bond acceptors (Lipinski definition) is 3. The van der Waals surface area contributed by atoms with E-state index in [1.54, 1.807) is 10.8 Å². The first-order chi connectivity index (χ1) is 7.16. The summed E-state index contributed by atoms with van der Waals surface area (Å²) in [5.41, 5.74) is 0.0691. The van der Waals surface area contributed by atoms with E-state index >= 15 is 0 Å². The van der Waals surface area contributed by atoms with Crippen LogP contribution >= 0.6 is 22.6 Å². The van der Waals surface area contributed by atoms with Gasteiger partial charge in [-0.05, 0) is 49.0 Å². The van der Waals surface area contributed by atoms with E-state index in [-0.39, 0.29) is 5.56 Å². The topological polar surface area (TPSA) is 46.9 Å². The third-order valence-corrected chi connectivity index (χ3v) is 2.93. The summed E-state index contributed by atoms with van der Waals surface area (Å²) in [5.74, 6) is 0.789. The molecule has 0 aliphatic rings. The highest BCUT2D eigenvalue weighted by atomic mass is 127. The van der Waals surface area contributed by atoms with Crippen LogP contribution in [0.15, 0.2) is 11.0 Å². The third-order valence-electron chi connectivity index (χ3n) is 2.19. The predicted octanol–water partition coefficient (Wildman–Crippen LogP) is 1.16. The van der Waals surface area contributed by atoms with Crippen LogP contribution in [0, 0.1) is 10.5 Å². The molecular weight excluding hydrogens is 305 g/mol. The summed E-state index contributed by atoms with van der Waals surface area (Å²) in [6.07, 6.45) is 2.58. The molecule has 1 rings (SSSR count). The Balaban J connectivity index is 2.68. The molecule has 0 bridgehead atoms. The van der Waals surface area contributed by atoms with Gasteiger partial charge >= 0.3 is 0 Å². The van der Waals surface area contributed by atoms with Crippen LogP contribution in [0.2, 0.25) is 0 Å². The second-order valence-corrected chi connectivity index (χ2v) is 4.48. The molecule has 84 valence electrons. The van der Waals surface area contributed by atoms with Gasteiger partial charge < -0.3 is 5.32 Å². The molecule has 0 amide bonds. The highest BCUT2D eigenvalue weighted by molar-refractivity contribution is 14.1. The first kappa shape index (κ1) is 12.6. The van der Waals surface area contributed by atoms with E-state index < -0.39 is 0 Å². The second-order valence-electron chi connectivity index (χ2n) is 3.32. The van der Waals surface area contributed by atoms with E-state index in [0.29, 0.717) is 3.57 Å². The molecule has 1 heterocycles. The summed E-state index contributed by atoms with van der Waals surface area (Å²) < 4.78 is 2.42. The van der Waals surface area contributed by atoms with Gasteiger partial charge in [0.2, 0.25) is 0 Å². The molecular formula is C10H16IN3O. The fourth-order valence-corrected chi connectivity index (χ4v) is 1.78. The minimum absolute atomic E-state index is 0.0691. The maximum absolute atomic E-state index is 11.7. The lowest BCUT2D eigenvalue weighted by atomic mass is 10.4. The quantitative estimate of drug-likeness (QED) is 0.654. The highest BCUT2D eigenvalue weighted by Gasteiger charge is 2.04. The lowest BCUT2D eigenvalue weighted by Crippen LogP contribution is -2.27. The predicted molar refractivity (Wildman–Crippen MR) is 69.1 cm³/mol. The summed E-state index contributed by atoms with van der Waals surface area (Å²) in [5, 5.41) is 3.23. The van der Waals surface area contributed by atoms with Crippen LogP contribution in [-0.4, -0.2) is 22.6 Å². The molecule has 1 N–H and O–H groups in total. The van der Waals surface area contributed by atoms with Gasteiger partial charge in [-0.3, -0.25) is 9.36 Å². The highest BCUT2D eigenvalue weighted by Crippen LogP contribution is 1.98. The molecule has 0 atom stereocenters. The Hall–Kier alpha value is -0.430.